The van der Waals surface area contributed by atoms with E-state index < -0.39 is 16.1 Å². The molecule has 9 heteroatoms. The maximum absolute atomic E-state index is 12.5. The third-order valence-electron chi connectivity index (χ3n) is 3.51. The third kappa shape index (κ3) is 4.12. The molecular weight excluding hydrogens is 324 g/mol. The highest BCUT2D eigenvalue weighted by molar-refractivity contribution is 7.89. The minimum absolute atomic E-state index is 0.0143. The molecule has 0 radical (unpaired) electrons. The van der Waals surface area contributed by atoms with Crippen molar-refractivity contribution in [2.24, 2.45) is 0 Å². The Labute approximate surface area is 135 Å². The van der Waals surface area contributed by atoms with Crippen molar-refractivity contribution in [3.8, 4) is 11.5 Å². The van der Waals surface area contributed by atoms with Gasteiger partial charge in [0, 0.05) is 26.2 Å². The van der Waals surface area contributed by atoms with E-state index in [1.165, 1.54) is 31.3 Å². The Morgan fingerprint density at radius 3 is 2.70 bits per heavy atom. The number of ether oxygens (including phenoxy) is 3. The van der Waals surface area contributed by atoms with Gasteiger partial charge in [-0.15, -0.1) is 0 Å². The van der Waals surface area contributed by atoms with E-state index in [0.717, 1.165) is 0 Å². The van der Waals surface area contributed by atoms with Crippen molar-refractivity contribution in [1.82, 2.24) is 9.62 Å². The molecule has 0 saturated carbocycles. The van der Waals surface area contributed by atoms with Crippen molar-refractivity contribution in [3.05, 3.63) is 18.2 Å². The Morgan fingerprint density at radius 2 is 2.09 bits per heavy atom. The lowest BCUT2D eigenvalue weighted by Crippen LogP contribution is -2.48. The van der Waals surface area contributed by atoms with Gasteiger partial charge in [0.2, 0.25) is 15.9 Å². The van der Waals surface area contributed by atoms with E-state index in [9.17, 15) is 13.2 Å². The second-order valence-electron chi connectivity index (χ2n) is 5.08. The summed E-state index contributed by atoms with van der Waals surface area (Å²) in [5.74, 6) is 0.499. The largest absolute Gasteiger partial charge is 0.497 e. The van der Waals surface area contributed by atoms with Crippen LogP contribution in [0.1, 0.15) is 0 Å². The summed E-state index contributed by atoms with van der Waals surface area (Å²) in [5.41, 5.74) is 0. The van der Waals surface area contributed by atoms with Crippen molar-refractivity contribution in [3.63, 3.8) is 0 Å². The monoisotopic (exact) mass is 344 g/mol. The smallest absolute Gasteiger partial charge is 0.248 e. The lowest BCUT2D eigenvalue weighted by atomic mass is 10.3. The van der Waals surface area contributed by atoms with Crippen LogP contribution < -0.4 is 14.2 Å². The summed E-state index contributed by atoms with van der Waals surface area (Å²) in [6.07, 6.45) is -0.399. The number of likely N-dealkylation sites (N-methyl/N-ethyl adjacent to an activating group) is 1. The summed E-state index contributed by atoms with van der Waals surface area (Å²) in [4.78, 5) is 12.8. The molecule has 1 saturated heterocycles. The lowest BCUT2D eigenvalue weighted by molar-refractivity contribution is -0.146. The molecule has 1 amide bonds. The molecule has 8 nitrogen and oxygen atoms in total. The van der Waals surface area contributed by atoms with Gasteiger partial charge in [-0.3, -0.25) is 4.79 Å². The summed E-state index contributed by atoms with van der Waals surface area (Å²) >= 11 is 0. The number of hydrogen-bond donors (Lipinski definition) is 1. The van der Waals surface area contributed by atoms with E-state index in [0.29, 0.717) is 12.3 Å². The van der Waals surface area contributed by atoms with E-state index in [1.807, 2.05) is 0 Å². The average molecular weight is 344 g/mol. The van der Waals surface area contributed by atoms with Crippen molar-refractivity contribution < 1.29 is 27.4 Å². The summed E-state index contributed by atoms with van der Waals surface area (Å²) in [6.45, 7) is 0.336. The normalized spacial score (nSPS) is 18.8. The topological polar surface area (TPSA) is 94.2 Å². The van der Waals surface area contributed by atoms with Crippen LogP contribution in [0.2, 0.25) is 0 Å². The number of methoxy groups -OCH3 is 2. The fourth-order valence-electron chi connectivity index (χ4n) is 2.16. The van der Waals surface area contributed by atoms with Gasteiger partial charge in [-0.25, -0.2) is 13.1 Å². The Bertz CT molecular complexity index is 676. The summed E-state index contributed by atoms with van der Waals surface area (Å²) in [6, 6.07) is 4.53. The molecule has 2 rings (SSSR count). The highest BCUT2D eigenvalue weighted by atomic mass is 32.2. The van der Waals surface area contributed by atoms with Crippen LogP contribution in [0.15, 0.2) is 23.1 Å². The molecule has 0 aliphatic carbocycles. The minimum atomic E-state index is -3.80. The first-order chi connectivity index (χ1) is 10.9. The van der Waals surface area contributed by atoms with Gasteiger partial charge in [-0.1, -0.05) is 0 Å². The van der Waals surface area contributed by atoms with Gasteiger partial charge in [-0.05, 0) is 12.1 Å². The van der Waals surface area contributed by atoms with E-state index >= 15 is 0 Å². The number of sulfonamides is 1. The average Bonchev–Trinajstić information content (AvgIpc) is 2.55. The summed E-state index contributed by atoms with van der Waals surface area (Å²) in [7, 11) is 0.693. The number of morpholine rings is 1. The molecule has 1 aliphatic rings. The number of carbonyl (C=O) groups excluding carboxylic acids is 1. The molecule has 1 fully saturated rings. The van der Waals surface area contributed by atoms with Crippen LogP contribution >= 0.6 is 0 Å². The van der Waals surface area contributed by atoms with Crippen LogP contribution in [0.3, 0.4) is 0 Å². The number of benzene rings is 1. The molecule has 1 heterocycles. The third-order valence-corrected chi connectivity index (χ3v) is 4.95. The Morgan fingerprint density at radius 1 is 1.35 bits per heavy atom. The van der Waals surface area contributed by atoms with Crippen molar-refractivity contribution in [1.29, 1.82) is 0 Å². The molecule has 1 aliphatic heterocycles. The molecule has 0 bridgehead atoms. The van der Waals surface area contributed by atoms with Gasteiger partial charge >= 0.3 is 0 Å². The molecule has 128 valence electrons. The first-order valence-electron chi connectivity index (χ1n) is 6.94. The number of hydrogen-bond acceptors (Lipinski definition) is 6. The number of amides is 1. The van der Waals surface area contributed by atoms with Gasteiger partial charge < -0.3 is 19.1 Å². The summed E-state index contributed by atoms with van der Waals surface area (Å²) < 4.78 is 42.9. The quantitative estimate of drug-likeness (QED) is 0.771. The first kappa shape index (κ1) is 17.5. The van der Waals surface area contributed by atoms with Gasteiger partial charge in [0.1, 0.15) is 23.0 Å². The second kappa shape index (κ2) is 7.16. The molecule has 1 unspecified atom stereocenters. The van der Waals surface area contributed by atoms with E-state index in [2.05, 4.69) is 4.72 Å². The molecule has 1 aromatic rings. The second-order valence-corrected chi connectivity index (χ2v) is 6.81. The van der Waals surface area contributed by atoms with Crippen molar-refractivity contribution >= 4 is 15.9 Å². The molecule has 1 atom stereocenters. The standard InChI is InChI=1S/C14H20N2O6S/c1-16-8-11(22-9-14(16)17)7-15-23(18,19)13-6-10(20-2)4-5-12(13)21-3/h4-6,11,15H,7-9H2,1-3H3. The molecular formula is C14H20N2O6S. The number of nitrogens with one attached hydrogen (secondary N) is 1. The van der Waals surface area contributed by atoms with Crippen LogP contribution in [0, 0.1) is 0 Å². The Balaban J connectivity index is 2.11. The maximum Gasteiger partial charge on any atom is 0.248 e. The SMILES string of the molecule is COc1ccc(OC)c(S(=O)(=O)NCC2CN(C)C(=O)CO2)c1. The van der Waals surface area contributed by atoms with Crippen molar-refractivity contribution in [2.45, 2.75) is 11.0 Å². The summed E-state index contributed by atoms with van der Waals surface area (Å²) in [5, 5.41) is 0. The van der Waals surface area contributed by atoms with Crippen LogP contribution in [-0.4, -0.2) is 66.3 Å². The molecule has 0 spiro atoms. The predicted molar refractivity (Wildman–Crippen MR) is 82.1 cm³/mol. The van der Waals surface area contributed by atoms with Gasteiger partial charge in [0.15, 0.2) is 0 Å². The molecule has 1 N–H and O–H groups in total. The molecule has 1 aromatic carbocycles. The number of nitrogens with zero attached hydrogens (tertiary/aromatic N) is 1. The van der Waals surface area contributed by atoms with E-state index in [1.54, 1.807) is 13.1 Å². The Hall–Kier alpha value is -1.84. The van der Waals surface area contributed by atoms with Gasteiger partial charge in [0.25, 0.3) is 0 Å². The van der Waals surface area contributed by atoms with Gasteiger partial charge in [0.05, 0.1) is 20.3 Å². The number of rotatable bonds is 6. The Kier molecular flexibility index (Phi) is 5.45. The maximum atomic E-state index is 12.5. The fraction of sp³-hybridized carbons (Fsp3) is 0.500. The lowest BCUT2D eigenvalue weighted by Gasteiger charge is -2.29. The van der Waals surface area contributed by atoms with Crippen LogP contribution in [0.25, 0.3) is 0 Å². The van der Waals surface area contributed by atoms with Gasteiger partial charge in [-0.2, -0.15) is 0 Å². The minimum Gasteiger partial charge on any atom is -0.497 e. The number of carbonyl (C=O) groups is 1. The van der Waals surface area contributed by atoms with E-state index in [4.69, 9.17) is 14.2 Å². The van der Waals surface area contributed by atoms with Crippen molar-refractivity contribution in [2.75, 3.05) is 41.0 Å². The zero-order chi connectivity index (χ0) is 17.0. The van der Waals surface area contributed by atoms with E-state index in [-0.39, 0.29) is 29.7 Å². The molecule has 23 heavy (non-hydrogen) atoms. The zero-order valence-electron chi connectivity index (χ0n) is 13.2. The van der Waals surface area contributed by atoms with Crippen LogP contribution in [0.5, 0.6) is 11.5 Å². The highest BCUT2D eigenvalue weighted by Gasteiger charge is 2.26. The zero-order valence-corrected chi connectivity index (χ0v) is 14.1. The fourth-order valence-corrected chi connectivity index (χ4v) is 3.41. The highest BCUT2D eigenvalue weighted by Crippen LogP contribution is 2.28. The van der Waals surface area contributed by atoms with Crippen LogP contribution in [-0.2, 0) is 19.6 Å². The molecule has 0 aromatic heterocycles. The van der Waals surface area contributed by atoms with Crippen LogP contribution in [0.4, 0.5) is 0 Å². The predicted octanol–water partition coefficient (Wildman–Crippen LogP) is -0.161. The first-order valence-corrected chi connectivity index (χ1v) is 8.43.